The monoisotopic (exact) mass is 295 g/mol. The van der Waals surface area contributed by atoms with Crippen LogP contribution in [-0.2, 0) is 6.54 Å². The van der Waals surface area contributed by atoms with Crippen LogP contribution in [0.2, 0.25) is 0 Å². The van der Waals surface area contributed by atoms with Gasteiger partial charge in [0.1, 0.15) is 11.5 Å². The molecule has 1 aliphatic heterocycles. The Kier molecular flexibility index (Phi) is 3.04. The summed E-state index contributed by atoms with van der Waals surface area (Å²) in [6.45, 7) is 4.06. The van der Waals surface area contributed by atoms with Crippen molar-refractivity contribution in [3.63, 3.8) is 0 Å². The minimum absolute atomic E-state index is 0.482. The van der Waals surface area contributed by atoms with Gasteiger partial charge in [-0.15, -0.1) is 11.3 Å². The Bertz CT molecular complexity index is 757. The summed E-state index contributed by atoms with van der Waals surface area (Å²) in [5.74, 6) is 1.61. The van der Waals surface area contributed by atoms with Crippen LogP contribution in [0.25, 0.3) is 10.6 Å². The Labute approximate surface area is 128 Å². The van der Waals surface area contributed by atoms with Crippen LogP contribution in [0.3, 0.4) is 0 Å². The van der Waals surface area contributed by atoms with Crippen molar-refractivity contribution in [3.05, 3.63) is 59.0 Å². The van der Waals surface area contributed by atoms with Crippen molar-refractivity contribution in [2.45, 2.75) is 19.4 Å². The van der Waals surface area contributed by atoms with E-state index in [1.807, 2.05) is 0 Å². The van der Waals surface area contributed by atoms with Crippen LogP contribution in [0.1, 0.15) is 17.0 Å². The highest BCUT2D eigenvalue weighted by Gasteiger charge is 2.22. The summed E-state index contributed by atoms with van der Waals surface area (Å²) >= 11 is 1.76. The fourth-order valence-electron chi connectivity index (χ4n) is 2.89. The van der Waals surface area contributed by atoms with E-state index in [0.29, 0.717) is 5.92 Å². The molecule has 1 aliphatic rings. The van der Waals surface area contributed by atoms with Crippen LogP contribution in [0.5, 0.6) is 0 Å². The van der Waals surface area contributed by atoms with Gasteiger partial charge in [-0.05, 0) is 29.5 Å². The van der Waals surface area contributed by atoms with E-state index < -0.39 is 0 Å². The van der Waals surface area contributed by atoms with Crippen LogP contribution < -0.4 is 5.32 Å². The standard InChI is InChI=1S/C17H17N3S/c1-12-7-8-21-17(12)15-9-16-18-10-14(11-20(16)19-15)13-5-3-2-4-6-13/h2-9,14,18H,10-11H2,1H3. The maximum absolute atomic E-state index is 4.79. The number of thiophene rings is 1. The molecule has 1 atom stereocenters. The molecular formula is C17H17N3S. The Morgan fingerprint density at radius 2 is 2.10 bits per heavy atom. The lowest BCUT2D eigenvalue weighted by atomic mass is 9.98. The quantitative estimate of drug-likeness (QED) is 0.770. The van der Waals surface area contributed by atoms with Crippen LogP contribution in [0, 0.1) is 6.92 Å². The van der Waals surface area contributed by atoms with Crippen LogP contribution in [0.15, 0.2) is 47.8 Å². The third-order valence-corrected chi connectivity index (χ3v) is 5.11. The molecule has 1 aromatic carbocycles. The van der Waals surface area contributed by atoms with Crippen LogP contribution >= 0.6 is 11.3 Å². The third kappa shape index (κ3) is 2.25. The molecule has 3 heterocycles. The predicted molar refractivity (Wildman–Crippen MR) is 87.9 cm³/mol. The number of fused-ring (bicyclic) bond motifs is 1. The highest BCUT2D eigenvalue weighted by atomic mass is 32.1. The first-order valence-electron chi connectivity index (χ1n) is 7.22. The van der Waals surface area contributed by atoms with Crippen molar-refractivity contribution in [2.75, 3.05) is 11.9 Å². The Morgan fingerprint density at radius 3 is 2.86 bits per heavy atom. The summed E-state index contributed by atoms with van der Waals surface area (Å²) in [7, 11) is 0. The topological polar surface area (TPSA) is 29.9 Å². The zero-order valence-electron chi connectivity index (χ0n) is 11.9. The molecule has 3 aromatic rings. The van der Waals surface area contributed by atoms with Gasteiger partial charge in [-0.2, -0.15) is 5.10 Å². The number of nitrogens with one attached hydrogen (secondary N) is 1. The number of hydrogen-bond donors (Lipinski definition) is 1. The number of rotatable bonds is 2. The van der Waals surface area contributed by atoms with Gasteiger partial charge >= 0.3 is 0 Å². The number of anilines is 1. The summed E-state index contributed by atoms with van der Waals surface area (Å²) in [6, 6.07) is 15.0. The smallest absolute Gasteiger partial charge is 0.124 e. The second kappa shape index (κ2) is 5.04. The minimum Gasteiger partial charge on any atom is -0.370 e. The summed E-state index contributed by atoms with van der Waals surface area (Å²) in [4.78, 5) is 1.27. The van der Waals surface area contributed by atoms with E-state index in [-0.39, 0.29) is 0 Å². The molecule has 0 radical (unpaired) electrons. The molecule has 0 saturated heterocycles. The van der Waals surface area contributed by atoms with Gasteiger partial charge in [-0.25, -0.2) is 4.68 Å². The van der Waals surface area contributed by atoms with E-state index in [9.17, 15) is 0 Å². The van der Waals surface area contributed by atoms with E-state index in [0.717, 1.165) is 24.6 Å². The van der Waals surface area contributed by atoms with Gasteiger partial charge in [-0.1, -0.05) is 30.3 Å². The normalized spacial score (nSPS) is 17.3. The molecule has 4 heteroatoms. The molecule has 1 unspecified atom stereocenters. The highest BCUT2D eigenvalue weighted by molar-refractivity contribution is 7.13. The van der Waals surface area contributed by atoms with Crippen molar-refractivity contribution < 1.29 is 0 Å². The number of aryl methyl sites for hydroxylation is 1. The van der Waals surface area contributed by atoms with E-state index in [1.54, 1.807) is 11.3 Å². The van der Waals surface area contributed by atoms with Crippen molar-refractivity contribution in [1.82, 2.24) is 9.78 Å². The zero-order chi connectivity index (χ0) is 14.2. The van der Waals surface area contributed by atoms with Crippen molar-refractivity contribution in [2.24, 2.45) is 0 Å². The van der Waals surface area contributed by atoms with Gasteiger partial charge in [0.15, 0.2) is 0 Å². The van der Waals surface area contributed by atoms with Gasteiger partial charge in [0.25, 0.3) is 0 Å². The second-order valence-electron chi connectivity index (χ2n) is 5.52. The fraction of sp³-hybridized carbons (Fsp3) is 0.235. The lowest BCUT2D eigenvalue weighted by Gasteiger charge is -2.25. The Hall–Kier alpha value is -2.07. The molecule has 0 fully saturated rings. The molecule has 21 heavy (non-hydrogen) atoms. The second-order valence-corrected chi connectivity index (χ2v) is 6.43. The van der Waals surface area contributed by atoms with Crippen molar-refractivity contribution in [1.29, 1.82) is 0 Å². The molecule has 3 nitrogen and oxygen atoms in total. The third-order valence-electron chi connectivity index (χ3n) is 4.07. The lowest BCUT2D eigenvalue weighted by molar-refractivity contribution is 0.506. The minimum atomic E-state index is 0.482. The van der Waals surface area contributed by atoms with Gasteiger partial charge in [-0.3, -0.25) is 0 Å². The molecule has 106 valence electrons. The van der Waals surface area contributed by atoms with Crippen molar-refractivity contribution >= 4 is 17.2 Å². The summed E-state index contributed by atoms with van der Waals surface area (Å²) in [5, 5.41) is 10.4. The highest BCUT2D eigenvalue weighted by Crippen LogP contribution is 2.32. The van der Waals surface area contributed by atoms with Crippen LogP contribution in [-0.4, -0.2) is 16.3 Å². The summed E-state index contributed by atoms with van der Waals surface area (Å²) < 4.78 is 2.11. The molecule has 1 N–H and O–H groups in total. The average Bonchev–Trinajstić information content (AvgIpc) is 3.12. The van der Waals surface area contributed by atoms with E-state index in [2.05, 4.69) is 64.8 Å². The Morgan fingerprint density at radius 1 is 1.24 bits per heavy atom. The molecule has 0 spiro atoms. The largest absolute Gasteiger partial charge is 0.370 e. The molecule has 0 aliphatic carbocycles. The van der Waals surface area contributed by atoms with Crippen molar-refractivity contribution in [3.8, 4) is 10.6 Å². The maximum atomic E-state index is 4.79. The number of benzene rings is 1. The lowest BCUT2D eigenvalue weighted by Crippen LogP contribution is -2.26. The van der Waals surface area contributed by atoms with Gasteiger partial charge in [0, 0.05) is 18.5 Å². The van der Waals surface area contributed by atoms with E-state index >= 15 is 0 Å². The van der Waals surface area contributed by atoms with Crippen LogP contribution in [0.4, 0.5) is 5.82 Å². The first-order valence-corrected chi connectivity index (χ1v) is 8.10. The van der Waals surface area contributed by atoms with Gasteiger partial charge in [0.2, 0.25) is 0 Å². The Balaban J connectivity index is 1.65. The number of hydrogen-bond acceptors (Lipinski definition) is 3. The molecule has 0 amide bonds. The van der Waals surface area contributed by atoms with E-state index in [1.165, 1.54) is 16.0 Å². The van der Waals surface area contributed by atoms with Gasteiger partial charge < -0.3 is 5.32 Å². The summed E-state index contributed by atoms with van der Waals surface area (Å²) in [6.07, 6.45) is 0. The van der Waals surface area contributed by atoms with E-state index in [4.69, 9.17) is 5.10 Å². The first-order chi connectivity index (χ1) is 10.3. The maximum Gasteiger partial charge on any atom is 0.124 e. The molecular weight excluding hydrogens is 278 g/mol. The average molecular weight is 295 g/mol. The summed E-state index contributed by atoms with van der Waals surface area (Å²) in [5.41, 5.74) is 3.76. The predicted octanol–water partition coefficient (Wildman–Crippen LogP) is 4.13. The molecule has 4 rings (SSSR count). The fourth-order valence-corrected chi connectivity index (χ4v) is 3.78. The SMILES string of the molecule is Cc1ccsc1-c1cc2n(n1)CC(c1ccccc1)CN2. The molecule has 0 bridgehead atoms. The zero-order valence-corrected chi connectivity index (χ0v) is 12.7. The molecule has 0 saturated carbocycles. The first kappa shape index (κ1) is 12.7. The van der Waals surface area contributed by atoms with Gasteiger partial charge in [0.05, 0.1) is 11.4 Å². The number of nitrogens with zero attached hydrogens (tertiary/aromatic N) is 2. The number of aromatic nitrogens is 2. The molecule has 2 aromatic heterocycles.